The summed E-state index contributed by atoms with van der Waals surface area (Å²) in [5, 5.41) is 3.23. The fourth-order valence-corrected chi connectivity index (χ4v) is 3.96. The molecule has 0 unspecified atom stereocenters. The molecule has 5 nitrogen and oxygen atoms in total. The maximum Gasteiger partial charge on any atom is 0.250 e. The molecule has 0 aliphatic carbocycles. The maximum absolute atomic E-state index is 12.6. The van der Waals surface area contributed by atoms with Gasteiger partial charge >= 0.3 is 0 Å². The number of amides is 1. The molecule has 2 fully saturated rings. The number of piperidine rings is 1. The number of nitrogens with zero attached hydrogens (tertiary/aromatic N) is 2. The van der Waals surface area contributed by atoms with Crippen molar-refractivity contribution >= 4 is 5.91 Å². The summed E-state index contributed by atoms with van der Waals surface area (Å²) in [7, 11) is 0. The van der Waals surface area contributed by atoms with E-state index in [1.807, 2.05) is 6.07 Å². The molecule has 0 radical (unpaired) electrons. The summed E-state index contributed by atoms with van der Waals surface area (Å²) < 4.78 is 5.75. The number of benzene rings is 1. The summed E-state index contributed by atoms with van der Waals surface area (Å²) in [5.74, 6) is 0.0555. The van der Waals surface area contributed by atoms with E-state index in [0.29, 0.717) is 19.2 Å². The molecule has 2 saturated heterocycles. The topological polar surface area (TPSA) is 44.8 Å². The Morgan fingerprint density at radius 1 is 1.28 bits per heavy atom. The van der Waals surface area contributed by atoms with Crippen LogP contribution in [0.1, 0.15) is 32.3 Å². The fraction of sp³-hybridized carbons (Fsp3) is 0.650. The molecule has 1 aromatic rings. The summed E-state index contributed by atoms with van der Waals surface area (Å²) in [6.07, 6.45) is 1.71. The van der Waals surface area contributed by atoms with Gasteiger partial charge in [-0.1, -0.05) is 37.3 Å². The zero-order valence-corrected chi connectivity index (χ0v) is 15.5. The summed E-state index contributed by atoms with van der Waals surface area (Å²) >= 11 is 0. The van der Waals surface area contributed by atoms with Gasteiger partial charge in [0, 0.05) is 38.3 Å². The van der Waals surface area contributed by atoms with Crippen LogP contribution in [0.4, 0.5) is 0 Å². The van der Waals surface area contributed by atoms with E-state index in [0.717, 1.165) is 39.0 Å². The highest BCUT2D eigenvalue weighted by Crippen LogP contribution is 2.18. The highest BCUT2D eigenvalue weighted by atomic mass is 16.5. The Bertz CT molecular complexity index is 551. The molecule has 2 aliphatic heterocycles. The van der Waals surface area contributed by atoms with Gasteiger partial charge in [-0.3, -0.25) is 9.69 Å². The number of likely N-dealkylation sites (tertiary alicyclic amines) is 1. The lowest BCUT2D eigenvalue weighted by molar-refractivity contribution is -0.140. The van der Waals surface area contributed by atoms with E-state index in [1.54, 1.807) is 0 Å². The van der Waals surface area contributed by atoms with Gasteiger partial charge in [0.05, 0.1) is 6.61 Å². The van der Waals surface area contributed by atoms with Crippen LogP contribution in [-0.4, -0.2) is 66.7 Å². The summed E-state index contributed by atoms with van der Waals surface area (Å²) in [4.78, 5) is 17.4. The van der Waals surface area contributed by atoms with Crippen molar-refractivity contribution in [2.24, 2.45) is 0 Å². The van der Waals surface area contributed by atoms with Crippen molar-refractivity contribution < 1.29 is 9.53 Å². The first-order valence-electron chi connectivity index (χ1n) is 9.58. The van der Waals surface area contributed by atoms with E-state index in [9.17, 15) is 4.79 Å². The molecule has 138 valence electrons. The molecule has 0 saturated carbocycles. The van der Waals surface area contributed by atoms with Crippen LogP contribution in [0.2, 0.25) is 0 Å². The number of carbonyl (C=O) groups is 1. The van der Waals surface area contributed by atoms with Crippen molar-refractivity contribution in [3.63, 3.8) is 0 Å². The van der Waals surface area contributed by atoms with Gasteiger partial charge in [0.15, 0.2) is 0 Å². The zero-order valence-electron chi connectivity index (χ0n) is 15.5. The molecule has 1 amide bonds. The predicted octanol–water partition coefficient (Wildman–Crippen LogP) is 1.88. The monoisotopic (exact) mass is 345 g/mol. The first-order valence-corrected chi connectivity index (χ1v) is 9.58. The summed E-state index contributed by atoms with van der Waals surface area (Å²) in [6, 6.07) is 11.2. The van der Waals surface area contributed by atoms with E-state index in [2.05, 4.69) is 53.2 Å². The number of ether oxygens (including phenoxy) is 1. The standard InChI is InChI=1S/C20H31N3O2/c1-3-23-10-9-18(13-16(23)2)21-20(24)19-15-22(11-12-25-19)14-17-7-5-4-6-8-17/h4-8,16,18-19H,3,9-15H2,1-2H3,(H,21,24)/t16-,18-,19-/m0/s1. The van der Waals surface area contributed by atoms with E-state index >= 15 is 0 Å². The fourth-order valence-electron chi connectivity index (χ4n) is 3.96. The highest BCUT2D eigenvalue weighted by Gasteiger charge is 2.30. The average molecular weight is 345 g/mol. The van der Waals surface area contributed by atoms with Gasteiger partial charge in [-0.2, -0.15) is 0 Å². The number of morpholine rings is 1. The van der Waals surface area contributed by atoms with Crippen LogP contribution in [0.5, 0.6) is 0 Å². The van der Waals surface area contributed by atoms with Crippen molar-refractivity contribution in [3.05, 3.63) is 35.9 Å². The number of rotatable bonds is 5. The van der Waals surface area contributed by atoms with Gasteiger partial charge in [-0.05, 0) is 31.9 Å². The van der Waals surface area contributed by atoms with Crippen molar-refractivity contribution in [2.45, 2.75) is 51.4 Å². The van der Waals surface area contributed by atoms with Crippen molar-refractivity contribution in [1.29, 1.82) is 0 Å². The van der Waals surface area contributed by atoms with Gasteiger partial charge < -0.3 is 15.0 Å². The Labute approximate surface area is 151 Å². The minimum Gasteiger partial charge on any atom is -0.366 e. The smallest absolute Gasteiger partial charge is 0.250 e. The molecule has 1 aromatic carbocycles. The van der Waals surface area contributed by atoms with Gasteiger partial charge in [-0.15, -0.1) is 0 Å². The second kappa shape index (κ2) is 8.79. The Morgan fingerprint density at radius 3 is 2.80 bits per heavy atom. The molecule has 3 atom stereocenters. The quantitative estimate of drug-likeness (QED) is 0.885. The van der Waals surface area contributed by atoms with Crippen LogP contribution < -0.4 is 5.32 Å². The lowest BCUT2D eigenvalue weighted by atomic mass is 9.98. The van der Waals surface area contributed by atoms with Crippen LogP contribution >= 0.6 is 0 Å². The Morgan fingerprint density at radius 2 is 2.08 bits per heavy atom. The molecular weight excluding hydrogens is 314 g/mol. The Hall–Kier alpha value is -1.43. The van der Waals surface area contributed by atoms with Crippen LogP contribution in [-0.2, 0) is 16.1 Å². The first kappa shape index (κ1) is 18.4. The van der Waals surface area contributed by atoms with Gasteiger partial charge in [0.25, 0.3) is 5.91 Å². The molecule has 2 aliphatic rings. The maximum atomic E-state index is 12.6. The minimum absolute atomic E-state index is 0.0555. The largest absolute Gasteiger partial charge is 0.366 e. The third-order valence-electron chi connectivity index (χ3n) is 5.46. The normalized spacial score (nSPS) is 28.6. The molecule has 0 spiro atoms. The van der Waals surface area contributed by atoms with Crippen LogP contribution in [0.15, 0.2) is 30.3 Å². The molecular formula is C20H31N3O2. The zero-order chi connectivity index (χ0) is 17.6. The number of nitrogens with one attached hydrogen (secondary N) is 1. The molecule has 0 bridgehead atoms. The second-order valence-corrected chi connectivity index (χ2v) is 7.29. The lowest BCUT2D eigenvalue weighted by Gasteiger charge is -2.38. The molecule has 5 heteroatoms. The summed E-state index contributed by atoms with van der Waals surface area (Å²) in [5.41, 5.74) is 1.28. The van der Waals surface area contributed by atoms with Crippen LogP contribution in [0.3, 0.4) is 0 Å². The van der Waals surface area contributed by atoms with Gasteiger partial charge in [-0.25, -0.2) is 0 Å². The Kier molecular flexibility index (Phi) is 6.45. The molecule has 1 N–H and O–H groups in total. The van der Waals surface area contributed by atoms with Gasteiger partial charge in [0.2, 0.25) is 0 Å². The average Bonchev–Trinajstić information content (AvgIpc) is 2.63. The lowest BCUT2D eigenvalue weighted by Crippen LogP contribution is -2.54. The minimum atomic E-state index is -0.350. The third-order valence-corrected chi connectivity index (χ3v) is 5.46. The molecule has 25 heavy (non-hydrogen) atoms. The highest BCUT2D eigenvalue weighted by molar-refractivity contribution is 5.81. The second-order valence-electron chi connectivity index (χ2n) is 7.29. The molecule has 0 aromatic heterocycles. The van der Waals surface area contributed by atoms with Crippen LogP contribution in [0, 0.1) is 0 Å². The van der Waals surface area contributed by atoms with E-state index in [1.165, 1.54) is 5.56 Å². The van der Waals surface area contributed by atoms with Crippen molar-refractivity contribution in [2.75, 3.05) is 32.8 Å². The van der Waals surface area contributed by atoms with E-state index in [-0.39, 0.29) is 18.1 Å². The predicted molar refractivity (Wildman–Crippen MR) is 99.3 cm³/mol. The van der Waals surface area contributed by atoms with Crippen molar-refractivity contribution in [1.82, 2.24) is 15.1 Å². The third kappa shape index (κ3) is 5.03. The van der Waals surface area contributed by atoms with Crippen LogP contribution in [0.25, 0.3) is 0 Å². The number of hydrogen-bond donors (Lipinski definition) is 1. The molecule has 2 heterocycles. The van der Waals surface area contributed by atoms with Crippen molar-refractivity contribution in [3.8, 4) is 0 Å². The van der Waals surface area contributed by atoms with E-state index in [4.69, 9.17) is 4.74 Å². The van der Waals surface area contributed by atoms with Gasteiger partial charge in [0.1, 0.15) is 6.10 Å². The van der Waals surface area contributed by atoms with E-state index < -0.39 is 0 Å². The first-order chi connectivity index (χ1) is 12.2. The number of carbonyl (C=O) groups excluding carboxylic acids is 1. The molecule has 3 rings (SSSR count). The SMILES string of the molecule is CCN1CC[C@H](NC(=O)[C@@H]2CN(Cc3ccccc3)CCO2)C[C@@H]1C. The Balaban J connectivity index is 1.48. The number of hydrogen-bond acceptors (Lipinski definition) is 4. The summed E-state index contributed by atoms with van der Waals surface area (Å²) in [6.45, 7) is 9.65.